The summed E-state index contributed by atoms with van der Waals surface area (Å²) in [4.78, 5) is 12.9. The van der Waals surface area contributed by atoms with Crippen molar-refractivity contribution in [3.63, 3.8) is 0 Å². The molecule has 0 bridgehead atoms. The maximum Gasteiger partial charge on any atom is 0.246 e. The Morgan fingerprint density at radius 3 is 2.32 bits per heavy atom. The Labute approximate surface area is 150 Å². The Hall–Kier alpha value is -1.67. The summed E-state index contributed by atoms with van der Waals surface area (Å²) in [7, 11) is 0. The van der Waals surface area contributed by atoms with Gasteiger partial charge >= 0.3 is 0 Å². The van der Waals surface area contributed by atoms with Crippen LogP contribution >= 0.6 is 0 Å². The number of aliphatic hydroxyl groups is 3. The lowest BCUT2D eigenvalue weighted by Crippen LogP contribution is -2.30. The lowest BCUT2D eigenvalue weighted by Gasteiger charge is -2.26. The molecule has 2 atom stereocenters. The average molecular weight is 356 g/mol. The maximum atomic E-state index is 11.0. The van der Waals surface area contributed by atoms with Crippen LogP contribution in [0, 0.1) is 0 Å². The molecule has 25 heavy (non-hydrogen) atoms. The predicted octanol–water partition coefficient (Wildman–Crippen LogP) is 1.36. The summed E-state index contributed by atoms with van der Waals surface area (Å²) < 4.78 is 5.61. The number of rotatable bonds is 3. The van der Waals surface area contributed by atoms with Crippen LogP contribution in [0.1, 0.15) is 47.0 Å². The Morgan fingerprint density at radius 2 is 1.92 bits per heavy atom. The van der Waals surface area contributed by atoms with E-state index in [9.17, 15) is 4.79 Å². The van der Waals surface area contributed by atoms with Crippen molar-refractivity contribution in [2.75, 3.05) is 6.61 Å². The number of ether oxygens (including phenoxy) is 1. The van der Waals surface area contributed by atoms with Crippen LogP contribution in [0.15, 0.2) is 36.2 Å². The Bertz CT molecular complexity index is 470. The number of nitrogens with two attached hydrogens (primary N) is 1. The van der Waals surface area contributed by atoms with Gasteiger partial charge in [-0.15, -0.1) is 0 Å². The van der Waals surface area contributed by atoms with Crippen molar-refractivity contribution in [1.29, 1.82) is 0 Å². The number of primary amides is 1. The number of amides is 1. The Kier molecular flexibility index (Phi) is 11.0. The standard InChI is InChI=1S/C11H16N2O3.C4H8.C3H8O2/c12-11(15)8-2-1-5-13(6-8)10-4-3-9(7-14)16-10;1-3-4-2;1-3(2,4)5/h1,5-6,9-10,14H,2-4,7H2,(H2,12,15);3-4H,1-2H3;4-5H,1-2H3/b;4-3-;/t9?,10-;;/m1../s1. The first-order valence-electron chi connectivity index (χ1n) is 8.35. The van der Waals surface area contributed by atoms with Crippen molar-refractivity contribution in [2.24, 2.45) is 5.73 Å². The van der Waals surface area contributed by atoms with E-state index in [4.69, 9.17) is 25.8 Å². The van der Waals surface area contributed by atoms with Gasteiger partial charge in [0.2, 0.25) is 5.91 Å². The molecule has 5 N–H and O–H groups in total. The zero-order chi connectivity index (χ0) is 19.5. The minimum atomic E-state index is -1.50. The normalized spacial score (nSPS) is 22.7. The topological polar surface area (TPSA) is 116 Å². The first-order chi connectivity index (χ1) is 11.6. The second-order valence-corrected chi connectivity index (χ2v) is 6.19. The summed E-state index contributed by atoms with van der Waals surface area (Å²) in [5, 5.41) is 25.1. The third-order valence-corrected chi connectivity index (χ3v) is 3.19. The SMILES string of the molecule is C/C=C\C.CC(C)(O)O.NC(=O)C1=CN([C@H]2CCC(CO)O2)C=CC1. The lowest BCUT2D eigenvalue weighted by molar-refractivity contribution is -0.127. The van der Waals surface area contributed by atoms with Crippen molar-refractivity contribution in [2.45, 2.75) is 65.1 Å². The zero-order valence-electron chi connectivity index (χ0n) is 15.6. The molecule has 0 aliphatic carbocycles. The average Bonchev–Trinajstić information content (AvgIpc) is 3.03. The summed E-state index contributed by atoms with van der Waals surface area (Å²) >= 11 is 0. The van der Waals surface area contributed by atoms with Gasteiger partial charge in [-0.2, -0.15) is 0 Å². The van der Waals surface area contributed by atoms with Crippen LogP contribution in [0.3, 0.4) is 0 Å². The fraction of sp³-hybridized carbons (Fsp3) is 0.611. The van der Waals surface area contributed by atoms with E-state index in [0.717, 1.165) is 12.8 Å². The number of carbonyl (C=O) groups excluding carboxylic acids is 1. The molecule has 0 spiro atoms. The molecule has 2 aliphatic rings. The van der Waals surface area contributed by atoms with Gasteiger partial charge in [-0.3, -0.25) is 4.79 Å². The van der Waals surface area contributed by atoms with E-state index in [1.807, 2.05) is 43.2 Å². The van der Waals surface area contributed by atoms with E-state index in [1.54, 1.807) is 6.20 Å². The number of allylic oxidation sites excluding steroid dienone is 3. The van der Waals surface area contributed by atoms with Crippen LogP contribution in [-0.4, -0.2) is 50.9 Å². The molecule has 144 valence electrons. The van der Waals surface area contributed by atoms with Gasteiger partial charge < -0.3 is 30.7 Å². The molecule has 7 heteroatoms. The van der Waals surface area contributed by atoms with E-state index in [2.05, 4.69) is 0 Å². The molecule has 1 amide bonds. The predicted molar refractivity (Wildman–Crippen MR) is 96.9 cm³/mol. The van der Waals surface area contributed by atoms with E-state index >= 15 is 0 Å². The highest BCUT2D eigenvalue weighted by atomic mass is 16.5. The first kappa shape index (κ1) is 23.3. The summed E-state index contributed by atoms with van der Waals surface area (Å²) in [5.74, 6) is -1.90. The van der Waals surface area contributed by atoms with Gasteiger partial charge in [0.05, 0.1) is 12.7 Å². The second-order valence-electron chi connectivity index (χ2n) is 6.19. The molecule has 1 saturated heterocycles. The van der Waals surface area contributed by atoms with E-state index in [-0.39, 0.29) is 18.9 Å². The van der Waals surface area contributed by atoms with Gasteiger partial charge in [0.25, 0.3) is 0 Å². The summed E-state index contributed by atoms with van der Waals surface area (Å²) in [6.45, 7) is 6.64. The van der Waals surface area contributed by atoms with E-state index in [1.165, 1.54) is 13.8 Å². The van der Waals surface area contributed by atoms with Gasteiger partial charge in [-0.25, -0.2) is 0 Å². The molecule has 2 heterocycles. The van der Waals surface area contributed by atoms with Crippen LogP contribution < -0.4 is 5.73 Å². The second kappa shape index (κ2) is 11.8. The van der Waals surface area contributed by atoms with Crippen molar-refractivity contribution in [3.8, 4) is 0 Å². The van der Waals surface area contributed by atoms with E-state index < -0.39 is 11.7 Å². The van der Waals surface area contributed by atoms with Gasteiger partial charge in [0.1, 0.15) is 6.23 Å². The molecule has 0 saturated carbocycles. The van der Waals surface area contributed by atoms with Crippen LogP contribution in [0.2, 0.25) is 0 Å². The van der Waals surface area contributed by atoms with Crippen molar-refractivity contribution < 1.29 is 24.9 Å². The van der Waals surface area contributed by atoms with Gasteiger partial charge in [0.15, 0.2) is 5.79 Å². The minimum Gasteiger partial charge on any atom is -0.394 e. The molecular formula is C18H32N2O5. The number of aliphatic hydroxyl groups excluding tert-OH is 1. The number of hydrogen-bond acceptors (Lipinski definition) is 6. The maximum absolute atomic E-state index is 11.0. The number of hydrogen-bond donors (Lipinski definition) is 4. The molecule has 2 rings (SSSR count). The van der Waals surface area contributed by atoms with Gasteiger partial charge in [-0.1, -0.05) is 18.2 Å². The highest BCUT2D eigenvalue weighted by Crippen LogP contribution is 2.25. The number of carbonyl (C=O) groups is 1. The van der Waals surface area contributed by atoms with Crippen molar-refractivity contribution in [3.05, 3.63) is 36.2 Å². The van der Waals surface area contributed by atoms with Crippen molar-refractivity contribution in [1.82, 2.24) is 4.90 Å². The van der Waals surface area contributed by atoms with Crippen LogP contribution in [-0.2, 0) is 9.53 Å². The van der Waals surface area contributed by atoms with Crippen LogP contribution in [0.4, 0.5) is 0 Å². The molecule has 1 unspecified atom stereocenters. The first-order valence-corrected chi connectivity index (χ1v) is 8.35. The quantitative estimate of drug-likeness (QED) is 0.448. The zero-order valence-corrected chi connectivity index (χ0v) is 15.6. The summed E-state index contributed by atoms with van der Waals surface area (Å²) in [5.41, 5.74) is 5.81. The molecule has 0 aromatic heterocycles. The molecular weight excluding hydrogens is 324 g/mol. The Morgan fingerprint density at radius 1 is 1.36 bits per heavy atom. The fourth-order valence-corrected chi connectivity index (χ4v) is 1.96. The van der Waals surface area contributed by atoms with Gasteiger partial charge in [0, 0.05) is 18.0 Å². The molecule has 0 aromatic carbocycles. The monoisotopic (exact) mass is 356 g/mol. The summed E-state index contributed by atoms with van der Waals surface area (Å²) in [6, 6.07) is 0. The third kappa shape index (κ3) is 11.5. The van der Waals surface area contributed by atoms with Gasteiger partial charge in [-0.05, 0) is 47.0 Å². The molecule has 1 fully saturated rings. The molecule has 2 aliphatic heterocycles. The molecule has 0 aromatic rings. The minimum absolute atomic E-state index is 0.0421. The smallest absolute Gasteiger partial charge is 0.246 e. The fourth-order valence-electron chi connectivity index (χ4n) is 1.96. The van der Waals surface area contributed by atoms with E-state index in [0.29, 0.717) is 12.0 Å². The number of nitrogens with zero attached hydrogens (tertiary/aromatic N) is 1. The van der Waals surface area contributed by atoms with Crippen molar-refractivity contribution >= 4 is 5.91 Å². The molecule has 7 nitrogen and oxygen atoms in total. The highest BCUT2D eigenvalue weighted by molar-refractivity contribution is 5.92. The Balaban J connectivity index is 0.000000536. The van der Waals surface area contributed by atoms with Crippen LogP contribution in [0.25, 0.3) is 0 Å². The molecule has 0 radical (unpaired) electrons. The van der Waals surface area contributed by atoms with Crippen LogP contribution in [0.5, 0.6) is 0 Å². The summed E-state index contributed by atoms with van der Waals surface area (Å²) in [6.07, 6.45) is 11.6. The third-order valence-electron chi connectivity index (χ3n) is 3.19. The lowest BCUT2D eigenvalue weighted by atomic mass is 10.1. The highest BCUT2D eigenvalue weighted by Gasteiger charge is 2.28. The largest absolute Gasteiger partial charge is 0.394 e.